The standard InChI is InChI=1S/C19H22N2O3/c22-16-9-11-21(12-10-16)18-4-2-1-3-17(18)20-13-14-5-7-15(8-6-14)19(23)24/h1-8,16,20,22H,9-13H2,(H,23,24). The zero-order valence-corrected chi connectivity index (χ0v) is 13.5. The molecule has 126 valence electrons. The Labute approximate surface area is 141 Å². The third-order valence-corrected chi connectivity index (χ3v) is 4.39. The van der Waals surface area contributed by atoms with Crippen LogP contribution < -0.4 is 10.2 Å². The monoisotopic (exact) mass is 326 g/mol. The molecule has 1 fully saturated rings. The maximum Gasteiger partial charge on any atom is 0.335 e. The summed E-state index contributed by atoms with van der Waals surface area (Å²) in [6.07, 6.45) is 1.41. The summed E-state index contributed by atoms with van der Waals surface area (Å²) in [6.45, 7) is 2.34. The Bertz CT molecular complexity index is 692. The first kappa shape index (κ1) is 16.3. The second-order valence-corrected chi connectivity index (χ2v) is 6.09. The van der Waals surface area contributed by atoms with Gasteiger partial charge in [-0.1, -0.05) is 24.3 Å². The quantitative estimate of drug-likeness (QED) is 0.788. The number of carboxylic acids is 1. The first-order valence-corrected chi connectivity index (χ1v) is 8.21. The minimum absolute atomic E-state index is 0.186. The number of aliphatic hydroxyl groups excluding tert-OH is 1. The highest BCUT2D eigenvalue weighted by molar-refractivity contribution is 5.87. The Morgan fingerprint density at radius 2 is 1.75 bits per heavy atom. The van der Waals surface area contributed by atoms with E-state index in [-0.39, 0.29) is 6.10 Å². The third-order valence-electron chi connectivity index (χ3n) is 4.39. The summed E-state index contributed by atoms with van der Waals surface area (Å²) in [5.41, 5.74) is 3.53. The topological polar surface area (TPSA) is 72.8 Å². The molecular weight excluding hydrogens is 304 g/mol. The molecule has 0 amide bonds. The van der Waals surface area contributed by atoms with Gasteiger partial charge in [-0.2, -0.15) is 0 Å². The molecule has 5 nitrogen and oxygen atoms in total. The van der Waals surface area contributed by atoms with Crippen LogP contribution in [-0.4, -0.2) is 35.4 Å². The number of piperidine rings is 1. The molecule has 0 saturated carbocycles. The number of carboxylic acid groups (broad SMARTS) is 1. The number of aromatic carboxylic acids is 1. The van der Waals surface area contributed by atoms with Crippen molar-refractivity contribution < 1.29 is 15.0 Å². The van der Waals surface area contributed by atoms with Gasteiger partial charge in [0.2, 0.25) is 0 Å². The van der Waals surface area contributed by atoms with Crippen LogP contribution in [0, 0.1) is 0 Å². The van der Waals surface area contributed by atoms with Crippen molar-refractivity contribution in [3.05, 3.63) is 59.7 Å². The van der Waals surface area contributed by atoms with Crippen molar-refractivity contribution in [2.24, 2.45) is 0 Å². The molecule has 5 heteroatoms. The fourth-order valence-electron chi connectivity index (χ4n) is 2.97. The van der Waals surface area contributed by atoms with E-state index in [4.69, 9.17) is 5.11 Å². The molecule has 2 aromatic rings. The van der Waals surface area contributed by atoms with Crippen LogP contribution in [0.3, 0.4) is 0 Å². The van der Waals surface area contributed by atoms with Crippen molar-refractivity contribution in [2.45, 2.75) is 25.5 Å². The number of carbonyl (C=O) groups is 1. The normalized spacial score (nSPS) is 15.3. The Kier molecular flexibility index (Phi) is 5.01. The summed E-state index contributed by atoms with van der Waals surface area (Å²) in [5.74, 6) is -0.910. The first-order valence-electron chi connectivity index (χ1n) is 8.21. The van der Waals surface area contributed by atoms with Crippen LogP contribution in [0.1, 0.15) is 28.8 Å². The van der Waals surface area contributed by atoms with E-state index in [9.17, 15) is 9.90 Å². The van der Waals surface area contributed by atoms with Crippen molar-refractivity contribution >= 4 is 17.3 Å². The lowest BCUT2D eigenvalue weighted by atomic mass is 10.1. The van der Waals surface area contributed by atoms with Gasteiger partial charge in [-0.25, -0.2) is 4.79 Å². The second-order valence-electron chi connectivity index (χ2n) is 6.09. The minimum atomic E-state index is -0.910. The molecule has 0 bridgehead atoms. The van der Waals surface area contributed by atoms with Gasteiger partial charge in [0, 0.05) is 19.6 Å². The molecule has 0 aromatic heterocycles. The Morgan fingerprint density at radius 3 is 2.42 bits per heavy atom. The predicted molar refractivity (Wildman–Crippen MR) is 94.6 cm³/mol. The van der Waals surface area contributed by atoms with E-state index in [1.165, 1.54) is 0 Å². The highest BCUT2D eigenvalue weighted by Gasteiger charge is 2.19. The van der Waals surface area contributed by atoms with Crippen LogP contribution in [0.25, 0.3) is 0 Å². The summed E-state index contributed by atoms with van der Waals surface area (Å²) in [6, 6.07) is 15.1. The van der Waals surface area contributed by atoms with Gasteiger partial charge in [-0.15, -0.1) is 0 Å². The fourth-order valence-corrected chi connectivity index (χ4v) is 2.97. The number of nitrogens with zero attached hydrogens (tertiary/aromatic N) is 1. The molecule has 0 atom stereocenters. The van der Waals surface area contributed by atoms with E-state index < -0.39 is 5.97 Å². The maximum atomic E-state index is 10.9. The average molecular weight is 326 g/mol. The van der Waals surface area contributed by atoms with E-state index in [0.717, 1.165) is 42.9 Å². The zero-order chi connectivity index (χ0) is 16.9. The van der Waals surface area contributed by atoms with Crippen LogP contribution in [0.4, 0.5) is 11.4 Å². The molecule has 0 spiro atoms. The van der Waals surface area contributed by atoms with Gasteiger partial charge >= 0.3 is 5.97 Å². The lowest BCUT2D eigenvalue weighted by Gasteiger charge is -2.33. The molecule has 0 radical (unpaired) electrons. The summed E-state index contributed by atoms with van der Waals surface area (Å²) in [4.78, 5) is 13.2. The smallest absolute Gasteiger partial charge is 0.335 e. The van der Waals surface area contributed by atoms with Crippen molar-refractivity contribution in [3.8, 4) is 0 Å². The third kappa shape index (κ3) is 3.86. The number of rotatable bonds is 5. The number of para-hydroxylation sites is 2. The van der Waals surface area contributed by atoms with Gasteiger partial charge in [0.1, 0.15) is 0 Å². The van der Waals surface area contributed by atoms with E-state index in [2.05, 4.69) is 16.3 Å². The van der Waals surface area contributed by atoms with Crippen LogP contribution in [0.5, 0.6) is 0 Å². The molecule has 3 rings (SSSR count). The number of hydrogen-bond donors (Lipinski definition) is 3. The van der Waals surface area contributed by atoms with Crippen LogP contribution in [-0.2, 0) is 6.54 Å². The molecule has 2 aromatic carbocycles. The number of nitrogens with one attached hydrogen (secondary N) is 1. The summed E-state index contributed by atoms with van der Waals surface area (Å²) in [5, 5.41) is 22.1. The highest BCUT2D eigenvalue weighted by Crippen LogP contribution is 2.28. The second kappa shape index (κ2) is 7.36. The summed E-state index contributed by atoms with van der Waals surface area (Å²) >= 11 is 0. The lowest BCUT2D eigenvalue weighted by molar-refractivity contribution is 0.0697. The molecule has 24 heavy (non-hydrogen) atoms. The average Bonchev–Trinajstić information content (AvgIpc) is 2.61. The molecule has 1 aliphatic heterocycles. The van der Waals surface area contributed by atoms with Crippen molar-refractivity contribution in [1.29, 1.82) is 0 Å². The maximum absolute atomic E-state index is 10.9. The largest absolute Gasteiger partial charge is 0.478 e. The number of aliphatic hydroxyl groups is 1. The van der Waals surface area contributed by atoms with Crippen LogP contribution in [0.2, 0.25) is 0 Å². The first-order chi connectivity index (χ1) is 11.6. The van der Waals surface area contributed by atoms with Crippen molar-refractivity contribution in [3.63, 3.8) is 0 Å². The van der Waals surface area contributed by atoms with Crippen LogP contribution in [0.15, 0.2) is 48.5 Å². The van der Waals surface area contributed by atoms with Gasteiger partial charge in [0.25, 0.3) is 0 Å². The minimum Gasteiger partial charge on any atom is -0.478 e. The molecule has 1 heterocycles. The number of hydrogen-bond acceptors (Lipinski definition) is 4. The van der Waals surface area contributed by atoms with Gasteiger partial charge in [0.15, 0.2) is 0 Å². The Morgan fingerprint density at radius 1 is 1.08 bits per heavy atom. The molecule has 0 aliphatic carbocycles. The van der Waals surface area contributed by atoms with Gasteiger partial charge in [-0.3, -0.25) is 0 Å². The van der Waals surface area contributed by atoms with Crippen LogP contribution >= 0.6 is 0 Å². The lowest BCUT2D eigenvalue weighted by Crippen LogP contribution is -2.36. The Balaban J connectivity index is 1.68. The van der Waals surface area contributed by atoms with Crippen molar-refractivity contribution in [1.82, 2.24) is 0 Å². The molecule has 1 aliphatic rings. The van der Waals surface area contributed by atoms with E-state index in [0.29, 0.717) is 12.1 Å². The number of benzene rings is 2. The molecule has 0 unspecified atom stereocenters. The fraction of sp³-hybridized carbons (Fsp3) is 0.316. The molecule has 3 N–H and O–H groups in total. The summed E-state index contributed by atoms with van der Waals surface area (Å²) in [7, 11) is 0. The SMILES string of the molecule is O=C(O)c1ccc(CNc2ccccc2N2CCC(O)CC2)cc1. The Hall–Kier alpha value is -2.53. The van der Waals surface area contributed by atoms with E-state index in [1.54, 1.807) is 12.1 Å². The number of anilines is 2. The molecule has 1 saturated heterocycles. The van der Waals surface area contributed by atoms with Crippen molar-refractivity contribution in [2.75, 3.05) is 23.3 Å². The van der Waals surface area contributed by atoms with E-state index >= 15 is 0 Å². The predicted octanol–water partition coefficient (Wildman–Crippen LogP) is 2.96. The molecular formula is C19H22N2O3. The highest BCUT2D eigenvalue weighted by atomic mass is 16.4. The summed E-state index contributed by atoms with van der Waals surface area (Å²) < 4.78 is 0. The van der Waals surface area contributed by atoms with Gasteiger partial charge in [0.05, 0.1) is 23.0 Å². The van der Waals surface area contributed by atoms with Gasteiger partial charge in [-0.05, 0) is 42.7 Å². The van der Waals surface area contributed by atoms with E-state index in [1.807, 2.05) is 30.3 Å². The zero-order valence-electron chi connectivity index (χ0n) is 13.5. The van der Waals surface area contributed by atoms with Gasteiger partial charge < -0.3 is 20.4 Å².